The minimum atomic E-state index is -0.209. The van der Waals surface area contributed by atoms with Crippen LogP contribution in [-0.4, -0.2) is 78.7 Å². The van der Waals surface area contributed by atoms with Crippen molar-refractivity contribution in [3.05, 3.63) is 35.8 Å². The third-order valence-electron chi connectivity index (χ3n) is 6.76. The van der Waals surface area contributed by atoms with Gasteiger partial charge >= 0.3 is 0 Å². The molecule has 0 bridgehead atoms. The van der Waals surface area contributed by atoms with Crippen LogP contribution in [0.2, 0.25) is 0 Å². The highest BCUT2D eigenvalue weighted by Crippen LogP contribution is 2.40. The van der Waals surface area contributed by atoms with E-state index in [1.54, 1.807) is 6.34 Å². The molecule has 3 fully saturated rings. The molecule has 3 aliphatic heterocycles. The van der Waals surface area contributed by atoms with Crippen molar-refractivity contribution in [1.29, 1.82) is 0 Å². The first-order valence-electron chi connectivity index (χ1n) is 11.5. The van der Waals surface area contributed by atoms with E-state index in [0.29, 0.717) is 18.9 Å². The number of piperidine rings is 1. The minimum absolute atomic E-state index is 0.0148. The number of amides is 1. The van der Waals surface area contributed by atoms with E-state index in [4.69, 9.17) is 9.47 Å². The van der Waals surface area contributed by atoms with Crippen LogP contribution in [0.5, 0.6) is 0 Å². The summed E-state index contributed by atoms with van der Waals surface area (Å²) in [6, 6.07) is 0. The number of fused-ring (bicyclic) bond motifs is 1. The zero-order valence-corrected chi connectivity index (χ0v) is 19.0. The summed E-state index contributed by atoms with van der Waals surface area (Å²) in [7, 11) is 2.01. The first-order chi connectivity index (χ1) is 15.9. The molecule has 1 radical (unpaired) electrons. The van der Waals surface area contributed by atoms with Gasteiger partial charge < -0.3 is 20.1 Å². The Kier molecular flexibility index (Phi) is 5.88. The van der Waals surface area contributed by atoms with Gasteiger partial charge in [0, 0.05) is 19.6 Å². The fraction of sp³-hybridized carbons (Fsp3) is 0.522. The van der Waals surface area contributed by atoms with Crippen LogP contribution >= 0.6 is 0 Å². The largest absolute Gasteiger partial charge is 0.489 e. The lowest BCUT2D eigenvalue weighted by molar-refractivity contribution is -0.150. The predicted octanol–water partition coefficient (Wildman–Crippen LogP) is 0.704. The lowest BCUT2D eigenvalue weighted by Gasteiger charge is -2.43. The average molecular weight is 449 g/mol. The van der Waals surface area contributed by atoms with Crippen molar-refractivity contribution in [2.24, 2.45) is 4.99 Å². The lowest BCUT2D eigenvalue weighted by Crippen LogP contribution is -2.57. The molecule has 1 spiro atoms. The number of hydrogen-bond acceptors (Lipinski definition) is 6. The predicted molar refractivity (Wildman–Crippen MR) is 128 cm³/mol. The van der Waals surface area contributed by atoms with E-state index < -0.39 is 0 Å². The van der Waals surface area contributed by atoms with Crippen LogP contribution in [0.25, 0.3) is 11.8 Å². The zero-order valence-electron chi connectivity index (χ0n) is 19.0. The summed E-state index contributed by atoms with van der Waals surface area (Å²) in [6.45, 7) is 9.40. The second kappa shape index (κ2) is 8.83. The highest BCUT2D eigenvalue weighted by Gasteiger charge is 2.40. The average Bonchev–Trinajstić information content (AvgIpc) is 3.46. The SMILES string of the molecule is C=C(NC=NCN1CCC2(CC1)CNC(=O)CO2)c1n[nH]c2c1[B]C=C(OC1(C)CC1)C=C2. The molecule has 0 aromatic carbocycles. The summed E-state index contributed by atoms with van der Waals surface area (Å²) in [6.07, 6.45) is 9.62. The van der Waals surface area contributed by atoms with Gasteiger partial charge in [0.2, 0.25) is 5.91 Å². The van der Waals surface area contributed by atoms with Crippen LogP contribution in [0, 0.1) is 0 Å². The first-order valence-corrected chi connectivity index (χ1v) is 11.5. The second-order valence-corrected chi connectivity index (χ2v) is 9.46. The lowest BCUT2D eigenvalue weighted by atomic mass is 9.69. The Morgan fingerprint density at radius 3 is 2.94 bits per heavy atom. The van der Waals surface area contributed by atoms with Crippen molar-refractivity contribution in [2.75, 3.05) is 32.9 Å². The Hall–Kier alpha value is -2.85. The summed E-state index contributed by atoms with van der Waals surface area (Å²) in [5.41, 5.74) is 3.10. The highest BCUT2D eigenvalue weighted by molar-refractivity contribution is 6.60. The summed E-state index contributed by atoms with van der Waals surface area (Å²) in [5.74, 6) is 2.81. The number of morpholine rings is 1. The van der Waals surface area contributed by atoms with E-state index in [9.17, 15) is 4.79 Å². The van der Waals surface area contributed by atoms with Gasteiger partial charge in [0.05, 0.1) is 30.0 Å². The van der Waals surface area contributed by atoms with Crippen molar-refractivity contribution in [1.82, 2.24) is 25.7 Å². The van der Waals surface area contributed by atoms with Gasteiger partial charge in [0.1, 0.15) is 23.7 Å². The summed E-state index contributed by atoms with van der Waals surface area (Å²) in [4.78, 5) is 18.1. The van der Waals surface area contributed by atoms with Crippen molar-refractivity contribution >= 4 is 36.8 Å². The van der Waals surface area contributed by atoms with Crippen molar-refractivity contribution in [2.45, 2.75) is 43.8 Å². The third kappa shape index (κ3) is 5.06. The Labute approximate surface area is 194 Å². The number of allylic oxidation sites excluding steroid dienone is 1. The molecule has 4 aliphatic rings. The minimum Gasteiger partial charge on any atom is -0.489 e. The van der Waals surface area contributed by atoms with Gasteiger partial charge in [0.25, 0.3) is 0 Å². The fourth-order valence-electron chi connectivity index (χ4n) is 4.26. The van der Waals surface area contributed by atoms with Crippen LogP contribution in [0.15, 0.2) is 29.4 Å². The number of hydrogen-bond donors (Lipinski definition) is 3. The van der Waals surface area contributed by atoms with E-state index in [-0.39, 0.29) is 23.7 Å². The van der Waals surface area contributed by atoms with Gasteiger partial charge in [-0.05, 0) is 50.2 Å². The molecule has 10 heteroatoms. The van der Waals surface area contributed by atoms with Crippen molar-refractivity contribution in [3.63, 3.8) is 0 Å². The summed E-state index contributed by atoms with van der Waals surface area (Å²) >= 11 is 0. The number of carbonyl (C=O) groups excluding carboxylic acids is 1. The third-order valence-corrected chi connectivity index (χ3v) is 6.76. The maximum Gasteiger partial charge on any atom is 0.246 e. The number of aromatic nitrogens is 2. The summed E-state index contributed by atoms with van der Waals surface area (Å²) in [5, 5.41) is 13.6. The van der Waals surface area contributed by atoms with Crippen LogP contribution in [0.3, 0.4) is 0 Å². The molecule has 1 aromatic rings. The monoisotopic (exact) mass is 449 g/mol. The van der Waals surface area contributed by atoms with Gasteiger partial charge in [-0.2, -0.15) is 5.10 Å². The van der Waals surface area contributed by atoms with Gasteiger partial charge in [-0.25, -0.2) is 0 Å². The molecule has 1 aromatic heterocycles. The van der Waals surface area contributed by atoms with E-state index in [1.165, 1.54) is 0 Å². The van der Waals surface area contributed by atoms with Crippen LogP contribution in [0.4, 0.5) is 0 Å². The Bertz CT molecular complexity index is 1010. The molecule has 0 atom stereocenters. The maximum atomic E-state index is 11.3. The molecule has 173 valence electrons. The maximum absolute atomic E-state index is 11.3. The number of likely N-dealkylation sites (tertiary alicyclic amines) is 1. The highest BCUT2D eigenvalue weighted by atomic mass is 16.5. The fourth-order valence-corrected chi connectivity index (χ4v) is 4.26. The molecule has 2 saturated heterocycles. The zero-order chi connectivity index (χ0) is 22.9. The molecule has 4 heterocycles. The number of rotatable bonds is 7. The Morgan fingerprint density at radius 1 is 1.39 bits per heavy atom. The number of carbonyl (C=O) groups is 1. The quantitative estimate of drug-likeness (QED) is 0.322. The molecule has 1 aliphatic carbocycles. The molecule has 0 unspecified atom stereocenters. The van der Waals surface area contributed by atoms with Gasteiger partial charge in [0.15, 0.2) is 7.28 Å². The molecule has 1 saturated carbocycles. The number of nitrogens with zero attached hydrogens (tertiary/aromatic N) is 3. The molecular weight excluding hydrogens is 419 g/mol. The smallest absolute Gasteiger partial charge is 0.246 e. The van der Waals surface area contributed by atoms with E-state index >= 15 is 0 Å². The molecule has 9 nitrogen and oxygen atoms in total. The first kappa shape index (κ1) is 22.0. The van der Waals surface area contributed by atoms with E-state index in [0.717, 1.165) is 61.4 Å². The molecule has 33 heavy (non-hydrogen) atoms. The van der Waals surface area contributed by atoms with Crippen molar-refractivity contribution < 1.29 is 14.3 Å². The Morgan fingerprint density at radius 2 is 2.21 bits per heavy atom. The number of H-pyrrole nitrogens is 1. The molecule has 5 rings (SSSR count). The molecule has 3 N–H and O–H groups in total. The van der Waals surface area contributed by atoms with Gasteiger partial charge in [-0.15, -0.1) is 0 Å². The number of aromatic amines is 1. The number of nitrogens with one attached hydrogen (secondary N) is 3. The van der Waals surface area contributed by atoms with E-state index in [2.05, 4.69) is 44.2 Å². The normalized spacial score (nSPS) is 23.3. The Balaban J connectivity index is 1.10. The molecule has 1 amide bonds. The summed E-state index contributed by atoms with van der Waals surface area (Å²) < 4.78 is 11.9. The van der Waals surface area contributed by atoms with Crippen LogP contribution in [0.1, 0.15) is 44.0 Å². The van der Waals surface area contributed by atoms with Gasteiger partial charge in [-0.3, -0.25) is 19.8 Å². The standard InChI is InChI=1S/C23H30BN6O3/c1-16(21-20-18(28-29-21)4-3-17(11-24-20)33-22(2)5-6-22)27-14-25-15-30-9-7-23(8-10-30)13-26-19(31)12-32-23/h3-4,11,14H,1,5-10,12-13,15H2,2H3,(H,25,27)(H,26,31)(H,28,29). The topological polar surface area (TPSA) is 104 Å². The van der Waals surface area contributed by atoms with Crippen LogP contribution < -0.4 is 16.1 Å². The number of ether oxygens (including phenoxy) is 2. The van der Waals surface area contributed by atoms with Crippen molar-refractivity contribution in [3.8, 4) is 0 Å². The second-order valence-electron chi connectivity index (χ2n) is 9.46. The molecular formula is C23H30BN6O3. The number of aliphatic imine (C=N–C) groups is 1. The van der Waals surface area contributed by atoms with Crippen LogP contribution in [-0.2, 0) is 14.3 Å². The van der Waals surface area contributed by atoms with Gasteiger partial charge in [-0.1, -0.05) is 12.6 Å². The van der Waals surface area contributed by atoms with E-state index in [1.807, 2.05) is 25.4 Å².